The maximum absolute atomic E-state index is 9.08. The maximum Gasteiger partial charge on any atom is 0.0498 e. The van der Waals surface area contributed by atoms with Crippen LogP contribution in [0.2, 0.25) is 0 Å². The molecule has 0 fully saturated rings. The molecule has 2 N–H and O–H groups in total. The Morgan fingerprint density at radius 2 is 1.79 bits per heavy atom. The van der Waals surface area contributed by atoms with Gasteiger partial charge in [-0.05, 0) is 19.1 Å². The molecule has 78 valence electrons. The standard InChI is InChI=1S/C12H19NO/c1-10-4-6-11(7-5-10)13-8-12(2,3)9-14/h4-7,13-14H,8-9H2,1-3H3. The van der Waals surface area contributed by atoms with Crippen LogP contribution in [0.5, 0.6) is 0 Å². The topological polar surface area (TPSA) is 32.3 Å². The van der Waals surface area contributed by atoms with Gasteiger partial charge >= 0.3 is 0 Å². The molecule has 0 aliphatic rings. The minimum Gasteiger partial charge on any atom is -0.396 e. The van der Waals surface area contributed by atoms with Gasteiger partial charge in [-0.3, -0.25) is 0 Å². The van der Waals surface area contributed by atoms with E-state index >= 15 is 0 Å². The van der Waals surface area contributed by atoms with Crippen LogP contribution < -0.4 is 5.32 Å². The fraction of sp³-hybridized carbons (Fsp3) is 0.500. The van der Waals surface area contributed by atoms with Crippen LogP contribution in [-0.2, 0) is 0 Å². The number of aliphatic hydroxyl groups excluding tert-OH is 1. The van der Waals surface area contributed by atoms with E-state index in [1.54, 1.807) is 0 Å². The molecular weight excluding hydrogens is 174 g/mol. The summed E-state index contributed by atoms with van der Waals surface area (Å²) in [6.45, 7) is 7.13. The normalized spacial score (nSPS) is 11.4. The van der Waals surface area contributed by atoms with Crippen molar-refractivity contribution in [2.75, 3.05) is 18.5 Å². The number of rotatable bonds is 4. The third-order valence-electron chi connectivity index (χ3n) is 2.25. The third-order valence-corrected chi connectivity index (χ3v) is 2.25. The lowest BCUT2D eigenvalue weighted by atomic mass is 9.95. The first kappa shape index (κ1) is 11.1. The van der Waals surface area contributed by atoms with Crippen LogP contribution in [0.15, 0.2) is 24.3 Å². The highest BCUT2D eigenvalue weighted by atomic mass is 16.3. The smallest absolute Gasteiger partial charge is 0.0498 e. The molecule has 14 heavy (non-hydrogen) atoms. The predicted octanol–water partition coefficient (Wildman–Crippen LogP) is 2.43. The molecular formula is C12H19NO. The lowest BCUT2D eigenvalue weighted by Crippen LogP contribution is -2.26. The number of aryl methyl sites for hydroxylation is 1. The zero-order valence-corrected chi connectivity index (χ0v) is 9.17. The van der Waals surface area contributed by atoms with Crippen LogP contribution in [0.3, 0.4) is 0 Å². The van der Waals surface area contributed by atoms with Crippen molar-refractivity contribution in [3.05, 3.63) is 29.8 Å². The molecule has 2 heteroatoms. The van der Waals surface area contributed by atoms with E-state index < -0.39 is 0 Å². The van der Waals surface area contributed by atoms with Gasteiger partial charge in [0.2, 0.25) is 0 Å². The van der Waals surface area contributed by atoms with Crippen molar-refractivity contribution in [3.8, 4) is 0 Å². The number of hydrogen-bond donors (Lipinski definition) is 2. The Morgan fingerprint density at radius 1 is 1.21 bits per heavy atom. The Balaban J connectivity index is 2.50. The molecule has 0 aliphatic carbocycles. The van der Waals surface area contributed by atoms with E-state index in [4.69, 9.17) is 5.11 Å². The SMILES string of the molecule is Cc1ccc(NCC(C)(C)CO)cc1. The molecule has 0 spiro atoms. The minimum absolute atomic E-state index is 0.0646. The Kier molecular flexibility index (Phi) is 3.53. The molecule has 0 unspecified atom stereocenters. The van der Waals surface area contributed by atoms with E-state index in [-0.39, 0.29) is 12.0 Å². The first-order valence-corrected chi connectivity index (χ1v) is 4.95. The largest absolute Gasteiger partial charge is 0.396 e. The Bertz CT molecular complexity index is 277. The average Bonchev–Trinajstić information content (AvgIpc) is 2.17. The van der Waals surface area contributed by atoms with Gasteiger partial charge in [-0.2, -0.15) is 0 Å². The molecule has 0 aromatic heterocycles. The van der Waals surface area contributed by atoms with Crippen LogP contribution >= 0.6 is 0 Å². The fourth-order valence-electron chi connectivity index (χ4n) is 1.07. The molecule has 0 aliphatic heterocycles. The Morgan fingerprint density at radius 3 is 2.29 bits per heavy atom. The zero-order valence-electron chi connectivity index (χ0n) is 9.17. The molecule has 0 atom stereocenters. The van der Waals surface area contributed by atoms with Gasteiger partial charge < -0.3 is 10.4 Å². The second-order valence-corrected chi connectivity index (χ2v) is 4.54. The summed E-state index contributed by atoms with van der Waals surface area (Å²) in [6, 6.07) is 8.27. The number of hydrogen-bond acceptors (Lipinski definition) is 2. The fourth-order valence-corrected chi connectivity index (χ4v) is 1.07. The Hall–Kier alpha value is -1.02. The van der Waals surface area contributed by atoms with Gasteiger partial charge in [-0.25, -0.2) is 0 Å². The van der Waals surface area contributed by atoms with Crippen LogP contribution in [0.25, 0.3) is 0 Å². The number of nitrogens with one attached hydrogen (secondary N) is 1. The molecule has 1 aromatic carbocycles. The van der Waals surface area contributed by atoms with E-state index in [9.17, 15) is 0 Å². The van der Waals surface area contributed by atoms with Gasteiger partial charge in [0.15, 0.2) is 0 Å². The average molecular weight is 193 g/mol. The van der Waals surface area contributed by atoms with Gasteiger partial charge in [0, 0.05) is 24.3 Å². The summed E-state index contributed by atoms with van der Waals surface area (Å²) < 4.78 is 0. The zero-order chi connectivity index (χ0) is 10.6. The molecule has 1 aromatic rings. The lowest BCUT2D eigenvalue weighted by molar-refractivity contribution is 0.171. The van der Waals surface area contributed by atoms with Crippen molar-refractivity contribution >= 4 is 5.69 Å². The molecule has 0 bridgehead atoms. The summed E-state index contributed by atoms with van der Waals surface area (Å²) in [5, 5.41) is 12.4. The number of anilines is 1. The summed E-state index contributed by atoms with van der Waals surface area (Å²) in [6.07, 6.45) is 0. The number of benzene rings is 1. The summed E-state index contributed by atoms with van der Waals surface area (Å²) in [7, 11) is 0. The van der Waals surface area contributed by atoms with Crippen LogP contribution in [0, 0.1) is 12.3 Å². The van der Waals surface area contributed by atoms with Crippen molar-refractivity contribution in [3.63, 3.8) is 0 Å². The van der Waals surface area contributed by atoms with E-state index in [0.717, 1.165) is 12.2 Å². The van der Waals surface area contributed by atoms with Gasteiger partial charge in [-0.15, -0.1) is 0 Å². The highest BCUT2D eigenvalue weighted by Crippen LogP contribution is 2.16. The van der Waals surface area contributed by atoms with Gasteiger partial charge in [0.25, 0.3) is 0 Å². The summed E-state index contributed by atoms with van der Waals surface area (Å²) in [5.74, 6) is 0. The molecule has 0 saturated carbocycles. The van der Waals surface area contributed by atoms with Crippen LogP contribution in [0.1, 0.15) is 19.4 Å². The van der Waals surface area contributed by atoms with Crippen molar-refractivity contribution in [1.29, 1.82) is 0 Å². The highest BCUT2D eigenvalue weighted by molar-refractivity contribution is 5.44. The monoisotopic (exact) mass is 193 g/mol. The van der Waals surface area contributed by atoms with Gasteiger partial charge in [0.1, 0.15) is 0 Å². The van der Waals surface area contributed by atoms with Gasteiger partial charge in [0.05, 0.1) is 0 Å². The second-order valence-electron chi connectivity index (χ2n) is 4.54. The maximum atomic E-state index is 9.08. The van der Waals surface area contributed by atoms with Gasteiger partial charge in [-0.1, -0.05) is 31.5 Å². The van der Waals surface area contributed by atoms with Crippen molar-refractivity contribution in [1.82, 2.24) is 0 Å². The summed E-state index contributed by atoms with van der Waals surface area (Å²) >= 11 is 0. The quantitative estimate of drug-likeness (QED) is 0.769. The molecule has 0 amide bonds. The molecule has 0 radical (unpaired) electrons. The van der Waals surface area contributed by atoms with E-state index in [2.05, 4.69) is 36.5 Å². The third kappa shape index (κ3) is 3.38. The lowest BCUT2D eigenvalue weighted by Gasteiger charge is -2.22. The minimum atomic E-state index is -0.0646. The first-order valence-electron chi connectivity index (χ1n) is 4.95. The summed E-state index contributed by atoms with van der Waals surface area (Å²) in [4.78, 5) is 0. The van der Waals surface area contributed by atoms with E-state index in [1.807, 2.05) is 13.8 Å². The molecule has 2 nitrogen and oxygen atoms in total. The van der Waals surface area contributed by atoms with Crippen LogP contribution in [-0.4, -0.2) is 18.3 Å². The first-order chi connectivity index (χ1) is 6.53. The van der Waals surface area contributed by atoms with Crippen LogP contribution in [0.4, 0.5) is 5.69 Å². The molecule has 0 saturated heterocycles. The van der Waals surface area contributed by atoms with Crippen molar-refractivity contribution in [2.45, 2.75) is 20.8 Å². The summed E-state index contributed by atoms with van der Waals surface area (Å²) in [5.41, 5.74) is 2.30. The molecule has 1 rings (SSSR count). The van der Waals surface area contributed by atoms with E-state index in [0.29, 0.717) is 0 Å². The second kappa shape index (κ2) is 4.47. The molecule has 0 heterocycles. The number of aliphatic hydroxyl groups is 1. The Labute approximate surface area is 86.0 Å². The van der Waals surface area contributed by atoms with E-state index in [1.165, 1.54) is 5.56 Å². The highest BCUT2D eigenvalue weighted by Gasteiger charge is 2.15. The van der Waals surface area contributed by atoms with Crippen molar-refractivity contribution in [2.24, 2.45) is 5.41 Å². The predicted molar refractivity (Wildman–Crippen MR) is 60.5 cm³/mol. The van der Waals surface area contributed by atoms with Crippen molar-refractivity contribution < 1.29 is 5.11 Å².